The summed E-state index contributed by atoms with van der Waals surface area (Å²) in [6, 6.07) is 0.962. The summed E-state index contributed by atoms with van der Waals surface area (Å²) in [6.07, 6.45) is 3.17. The Balaban J connectivity index is 1.61. The lowest BCUT2D eigenvalue weighted by Gasteiger charge is -2.37. The SMILES string of the molecule is O=C([C@H]1CC=CCC1)N1CCN(c2cc(C(F)(F)F)ncn2)CC1. The quantitative estimate of drug-likeness (QED) is 0.776. The van der Waals surface area contributed by atoms with Gasteiger partial charge in [-0.3, -0.25) is 4.79 Å². The highest BCUT2D eigenvalue weighted by molar-refractivity contribution is 5.79. The molecule has 0 spiro atoms. The van der Waals surface area contributed by atoms with Gasteiger partial charge in [0.05, 0.1) is 0 Å². The summed E-state index contributed by atoms with van der Waals surface area (Å²) in [4.78, 5) is 23.3. The minimum absolute atomic E-state index is 0.0393. The minimum Gasteiger partial charge on any atom is -0.353 e. The lowest BCUT2D eigenvalue weighted by atomic mass is 9.93. The first-order valence-electron chi connectivity index (χ1n) is 8.03. The van der Waals surface area contributed by atoms with Crippen LogP contribution in [0.1, 0.15) is 25.0 Å². The zero-order valence-electron chi connectivity index (χ0n) is 13.2. The fourth-order valence-electron chi connectivity index (χ4n) is 3.11. The molecule has 0 N–H and O–H groups in total. The molecule has 130 valence electrons. The van der Waals surface area contributed by atoms with Crippen molar-refractivity contribution in [2.75, 3.05) is 31.1 Å². The Hall–Kier alpha value is -2.12. The second-order valence-electron chi connectivity index (χ2n) is 6.05. The molecular formula is C16H19F3N4O. The van der Waals surface area contributed by atoms with Crippen molar-refractivity contribution in [3.63, 3.8) is 0 Å². The molecule has 1 aliphatic carbocycles. The first-order chi connectivity index (χ1) is 11.4. The molecule has 1 fully saturated rings. The summed E-state index contributed by atoms with van der Waals surface area (Å²) in [5, 5.41) is 0. The van der Waals surface area contributed by atoms with Gasteiger partial charge in [0.2, 0.25) is 5.91 Å². The molecule has 2 heterocycles. The molecule has 1 aliphatic heterocycles. The van der Waals surface area contributed by atoms with Gasteiger partial charge in [0.25, 0.3) is 0 Å². The third-order valence-corrected chi connectivity index (χ3v) is 4.48. The summed E-state index contributed by atoms with van der Waals surface area (Å²) in [6.45, 7) is 1.96. The highest BCUT2D eigenvalue weighted by Crippen LogP contribution is 2.29. The van der Waals surface area contributed by atoms with Gasteiger partial charge in [0.15, 0.2) is 0 Å². The summed E-state index contributed by atoms with van der Waals surface area (Å²) < 4.78 is 38.2. The van der Waals surface area contributed by atoms with E-state index in [-0.39, 0.29) is 17.6 Å². The zero-order valence-corrected chi connectivity index (χ0v) is 13.2. The van der Waals surface area contributed by atoms with Crippen molar-refractivity contribution in [3.8, 4) is 0 Å². The number of allylic oxidation sites excluding steroid dienone is 2. The molecule has 3 rings (SSSR count). The molecule has 24 heavy (non-hydrogen) atoms. The van der Waals surface area contributed by atoms with Crippen LogP contribution in [0.3, 0.4) is 0 Å². The average molecular weight is 340 g/mol. The molecule has 1 aromatic rings. The van der Waals surface area contributed by atoms with E-state index in [0.29, 0.717) is 26.2 Å². The number of hydrogen-bond acceptors (Lipinski definition) is 4. The maximum atomic E-state index is 12.7. The van der Waals surface area contributed by atoms with Gasteiger partial charge in [0, 0.05) is 38.2 Å². The fraction of sp³-hybridized carbons (Fsp3) is 0.562. The predicted octanol–water partition coefficient (Wildman–Crippen LogP) is 2.50. The Morgan fingerprint density at radius 3 is 2.50 bits per heavy atom. The second kappa shape index (κ2) is 6.78. The first kappa shape index (κ1) is 16.7. The van der Waals surface area contributed by atoms with Crippen molar-refractivity contribution in [1.82, 2.24) is 14.9 Å². The van der Waals surface area contributed by atoms with Crippen molar-refractivity contribution in [1.29, 1.82) is 0 Å². The monoisotopic (exact) mass is 340 g/mol. The number of rotatable bonds is 2. The van der Waals surface area contributed by atoms with E-state index in [1.807, 2.05) is 11.0 Å². The topological polar surface area (TPSA) is 49.3 Å². The summed E-state index contributed by atoms with van der Waals surface area (Å²) in [7, 11) is 0. The number of aromatic nitrogens is 2. The smallest absolute Gasteiger partial charge is 0.353 e. The van der Waals surface area contributed by atoms with Crippen LogP contribution in [0.15, 0.2) is 24.5 Å². The van der Waals surface area contributed by atoms with E-state index in [1.165, 1.54) is 0 Å². The number of anilines is 1. The van der Waals surface area contributed by atoms with Gasteiger partial charge in [-0.05, 0) is 19.3 Å². The number of carbonyl (C=O) groups is 1. The number of alkyl halides is 3. The zero-order chi connectivity index (χ0) is 17.2. The van der Waals surface area contributed by atoms with Crippen molar-refractivity contribution in [3.05, 3.63) is 30.2 Å². The van der Waals surface area contributed by atoms with Crippen LogP contribution in [0.2, 0.25) is 0 Å². The van der Waals surface area contributed by atoms with Crippen molar-refractivity contribution >= 4 is 11.7 Å². The van der Waals surface area contributed by atoms with Crippen molar-refractivity contribution in [2.24, 2.45) is 5.92 Å². The van der Waals surface area contributed by atoms with E-state index >= 15 is 0 Å². The highest BCUT2D eigenvalue weighted by atomic mass is 19.4. The lowest BCUT2D eigenvalue weighted by molar-refractivity contribution is -0.141. The Kier molecular flexibility index (Phi) is 4.73. The minimum atomic E-state index is -4.48. The normalized spacial score (nSPS) is 21.9. The van der Waals surface area contributed by atoms with Crippen LogP contribution in [0.4, 0.5) is 19.0 Å². The molecule has 0 bridgehead atoms. The molecule has 1 saturated heterocycles. The molecule has 5 nitrogen and oxygen atoms in total. The molecule has 8 heteroatoms. The Morgan fingerprint density at radius 2 is 1.88 bits per heavy atom. The number of nitrogens with zero attached hydrogens (tertiary/aromatic N) is 4. The van der Waals surface area contributed by atoms with Crippen LogP contribution in [-0.4, -0.2) is 47.0 Å². The van der Waals surface area contributed by atoms with Crippen molar-refractivity contribution in [2.45, 2.75) is 25.4 Å². The molecule has 0 aromatic carbocycles. The number of carbonyl (C=O) groups excluding carboxylic acids is 1. The van der Waals surface area contributed by atoms with Gasteiger partial charge >= 0.3 is 6.18 Å². The molecule has 1 amide bonds. The van der Waals surface area contributed by atoms with Gasteiger partial charge in [0.1, 0.15) is 17.8 Å². The maximum Gasteiger partial charge on any atom is 0.433 e. The Morgan fingerprint density at radius 1 is 1.12 bits per heavy atom. The van der Waals surface area contributed by atoms with E-state index < -0.39 is 11.9 Å². The van der Waals surface area contributed by atoms with Gasteiger partial charge in [-0.25, -0.2) is 9.97 Å². The summed E-state index contributed by atoms with van der Waals surface area (Å²) in [5.74, 6) is 0.445. The third-order valence-electron chi connectivity index (χ3n) is 4.48. The van der Waals surface area contributed by atoms with Crippen molar-refractivity contribution < 1.29 is 18.0 Å². The van der Waals surface area contributed by atoms with E-state index in [2.05, 4.69) is 16.0 Å². The van der Waals surface area contributed by atoms with Crippen LogP contribution >= 0.6 is 0 Å². The number of piperazine rings is 1. The van der Waals surface area contributed by atoms with Crippen LogP contribution in [0, 0.1) is 5.92 Å². The van der Waals surface area contributed by atoms with E-state index in [9.17, 15) is 18.0 Å². The average Bonchev–Trinajstić information content (AvgIpc) is 2.61. The predicted molar refractivity (Wildman–Crippen MR) is 82.3 cm³/mol. The van der Waals surface area contributed by atoms with E-state index in [0.717, 1.165) is 31.7 Å². The molecule has 1 atom stereocenters. The van der Waals surface area contributed by atoms with Gasteiger partial charge in [-0.2, -0.15) is 13.2 Å². The molecule has 2 aliphatic rings. The van der Waals surface area contributed by atoms with Crippen LogP contribution in [0.25, 0.3) is 0 Å². The molecule has 0 radical (unpaired) electrons. The Labute approximate surface area is 138 Å². The van der Waals surface area contributed by atoms with E-state index in [1.54, 1.807) is 4.90 Å². The van der Waals surface area contributed by atoms with E-state index in [4.69, 9.17) is 0 Å². The summed E-state index contributed by atoms with van der Waals surface area (Å²) >= 11 is 0. The van der Waals surface area contributed by atoms with Crippen LogP contribution < -0.4 is 4.90 Å². The molecule has 0 unspecified atom stereocenters. The van der Waals surface area contributed by atoms with Gasteiger partial charge < -0.3 is 9.80 Å². The first-order valence-corrected chi connectivity index (χ1v) is 8.03. The highest BCUT2D eigenvalue weighted by Gasteiger charge is 2.34. The lowest BCUT2D eigenvalue weighted by Crippen LogP contribution is -2.50. The summed E-state index contributed by atoms with van der Waals surface area (Å²) in [5.41, 5.74) is -0.944. The third kappa shape index (κ3) is 3.68. The van der Waals surface area contributed by atoms with Crippen LogP contribution in [-0.2, 0) is 11.0 Å². The van der Waals surface area contributed by atoms with Gasteiger partial charge in [-0.15, -0.1) is 0 Å². The molecule has 1 aromatic heterocycles. The number of amides is 1. The van der Waals surface area contributed by atoms with Gasteiger partial charge in [-0.1, -0.05) is 12.2 Å². The number of halogens is 3. The standard InChI is InChI=1S/C16H19F3N4O/c17-16(18,19)13-10-14(21-11-20-13)22-6-8-23(9-7-22)15(24)12-4-2-1-3-5-12/h1-2,10-12H,3-9H2/t12-/m0/s1. The Bertz CT molecular complexity index is 624. The van der Waals surface area contributed by atoms with Crippen LogP contribution in [0.5, 0.6) is 0 Å². The largest absolute Gasteiger partial charge is 0.433 e. The fourth-order valence-corrected chi connectivity index (χ4v) is 3.11. The molecular weight excluding hydrogens is 321 g/mol. The second-order valence-corrected chi connectivity index (χ2v) is 6.05. The maximum absolute atomic E-state index is 12.7. The number of hydrogen-bond donors (Lipinski definition) is 0. The molecule has 0 saturated carbocycles.